The molecule has 1 heterocycles. The molecule has 1 amide bonds. The van der Waals surface area contributed by atoms with Crippen LogP contribution in [0, 0.1) is 0 Å². The first kappa shape index (κ1) is 48.7. The third-order valence-corrected chi connectivity index (χ3v) is 10.3. The Bertz CT molecular complexity index is 868. The van der Waals surface area contributed by atoms with Gasteiger partial charge in [-0.25, -0.2) is 0 Å². The summed E-state index contributed by atoms with van der Waals surface area (Å²) in [5.74, 6) is -0.222. The number of allylic oxidation sites excluding steroid dienone is 3. The molecule has 7 unspecified atom stereocenters. The molecule has 6 N–H and O–H groups in total. The van der Waals surface area contributed by atoms with Crippen LogP contribution in [0.4, 0.5) is 0 Å². The number of aliphatic hydroxyl groups is 5. The van der Waals surface area contributed by atoms with E-state index in [0.717, 1.165) is 25.7 Å². The zero-order chi connectivity index (χ0) is 38.1. The predicted molar refractivity (Wildman–Crippen MR) is 212 cm³/mol. The molecule has 52 heavy (non-hydrogen) atoms. The summed E-state index contributed by atoms with van der Waals surface area (Å²) in [5.41, 5.74) is 0. The number of unbranched alkanes of at least 4 members (excludes halogenated alkanes) is 23. The topological polar surface area (TPSA) is 149 Å². The van der Waals surface area contributed by atoms with Crippen LogP contribution in [-0.4, -0.2) is 87.5 Å². The fraction of sp³-hybridized carbons (Fsp3) is 0.884. The van der Waals surface area contributed by atoms with Crippen molar-refractivity contribution in [3.63, 3.8) is 0 Å². The van der Waals surface area contributed by atoms with Crippen LogP contribution in [0.25, 0.3) is 0 Å². The van der Waals surface area contributed by atoms with Gasteiger partial charge in [-0.3, -0.25) is 4.79 Å². The third-order valence-electron chi connectivity index (χ3n) is 10.3. The highest BCUT2D eigenvalue weighted by atomic mass is 16.7. The Morgan fingerprint density at radius 2 is 1.10 bits per heavy atom. The molecule has 0 aromatic carbocycles. The lowest BCUT2D eigenvalue weighted by Gasteiger charge is -2.40. The first-order valence-electron chi connectivity index (χ1n) is 21.6. The van der Waals surface area contributed by atoms with Gasteiger partial charge >= 0.3 is 0 Å². The normalized spacial score (nSPS) is 22.0. The molecule has 1 rings (SSSR count). The molecule has 1 saturated heterocycles. The molecule has 9 nitrogen and oxygen atoms in total. The van der Waals surface area contributed by atoms with Gasteiger partial charge in [-0.15, -0.1) is 0 Å². The predicted octanol–water partition coefficient (Wildman–Crippen LogP) is 8.33. The first-order chi connectivity index (χ1) is 25.3. The molecule has 1 fully saturated rings. The van der Waals surface area contributed by atoms with Gasteiger partial charge in [-0.1, -0.05) is 173 Å². The van der Waals surface area contributed by atoms with E-state index >= 15 is 0 Å². The molecule has 1 aliphatic heterocycles. The monoisotopic (exact) mass is 740 g/mol. The van der Waals surface area contributed by atoms with Gasteiger partial charge < -0.3 is 40.3 Å². The van der Waals surface area contributed by atoms with E-state index in [9.17, 15) is 30.3 Å². The number of hydrogen-bond donors (Lipinski definition) is 6. The minimum absolute atomic E-state index is 0.203. The summed E-state index contributed by atoms with van der Waals surface area (Å²) in [4.78, 5) is 12.4. The lowest BCUT2D eigenvalue weighted by Crippen LogP contribution is -2.60. The summed E-state index contributed by atoms with van der Waals surface area (Å²) in [6.07, 6.45) is 33.7. The van der Waals surface area contributed by atoms with Gasteiger partial charge in [0, 0.05) is 6.42 Å². The maximum atomic E-state index is 12.4. The molecule has 7 atom stereocenters. The number of rotatable bonds is 35. The van der Waals surface area contributed by atoms with Gasteiger partial charge in [-0.2, -0.15) is 0 Å². The van der Waals surface area contributed by atoms with Crippen molar-refractivity contribution < 1.29 is 39.8 Å². The lowest BCUT2D eigenvalue weighted by atomic mass is 9.99. The number of nitrogens with one attached hydrogen (secondary N) is 1. The van der Waals surface area contributed by atoms with Crippen molar-refractivity contribution in [3.8, 4) is 0 Å². The molecule has 0 spiro atoms. The number of carbonyl (C=O) groups excluding carboxylic acids is 1. The van der Waals surface area contributed by atoms with Crippen molar-refractivity contribution in [2.75, 3.05) is 13.2 Å². The van der Waals surface area contributed by atoms with Crippen molar-refractivity contribution in [1.29, 1.82) is 0 Å². The van der Waals surface area contributed by atoms with Crippen molar-refractivity contribution in [2.45, 2.75) is 230 Å². The largest absolute Gasteiger partial charge is 0.394 e. The van der Waals surface area contributed by atoms with Crippen LogP contribution in [0.1, 0.15) is 187 Å². The lowest BCUT2D eigenvalue weighted by molar-refractivity contribution is -0.302. The van der Waals surface area contributed by atoms with Gasteiger partial charge in [-0.05, 0) is 32.1 Å². The Morgan fingerprint density at radius 1 is 0.635 bits per heavy atom. The van der Waals surface area contributed by atoms with E-state index in [1.54, 1.807) is 6.08 Å². The van der Waals surface area contributed by atoms with E-state index in [4.69, 9.17) is 9.47 Å². The Hall–Kier alpha value is -1.33. The van der Waals surface area contributed by atoms with E-state index in [-0.39, 0.29) is 12.5 Å². The highest BCUT2D eigenvalue weighted by Crippen LogP contribution is 2.22. The van der Waals surface area contributed by atoms with Crippen LogP contribution in [0.15, 0.2) is 24.3 Å². The van der Waals surface area contributed by atoms with E-state index in [0.29, 0.717) is 12.8 Å². The zero-order valence-electron chi connectivity index (χ0n) is 33.3. The molecule has 0 saturated carbocycles. The average molecular weight is 740 g/mol. The fourth-order valence-electron chi connectivity index (χ4n) is 6.74. The molecular formula is C43H81NO8. The molecule has 306 valence electrons. The summed E-state index contributed by atoms with van der Waals surface area (Å²) < 4.78 is 11.0. The molecule has 0 aromatic heterocycles. The number of hydrogen-bond acceptors (Lipinski definition) is 8. The molecule has 9 heteroatoms. The highest BCUT2D eigenvalue weighted by molar-refractivity contribution is 5.76. The molecule has 1 aliphatic rings. The van der Waals surface area contributed by atoms with Crippen molar-refractivity contribution in [3.05, 3.63) is 24.3 Å². The standard InChI is InChI=1S/C43H81NO8/c1-3-5-7-8-9-10-11-12-13-14-15-16-17-18-19-20-21-22-23-24-25-26-27-28-29-30-31-32-37(46)36(44-39(47)33-6-4-2)35-51-43-42(50)41(49)40(48)38(34-45)52-43/h27-28,31-32,36-38,40-43,45-46,48-50H,3-26,29-30,33-35H2,1-2H3,(H,44,47)/b28-27+,32-31+. The van der Waals surface area contributed by atoms with Crippen LogP contribution in [0.3, 0.4) is 0 Å². The number of ether oxygens (including phenoxy) is 2. The van der Waals surface area contributed by atoms with Gasteiger partial charge in [0.15, 0.2) is 6.29 Å². The quantitative estimate of drug-likeness (QED) is 0.0281. The number of amides is 1. The van der Waals surface area contributed by atoms with Crippen molar-refractivity contribution >= 4 is 5.91 Å². The van der Waals surface area contributed by atoms with Gasteiger partial charge in [0.05, 0.1) is 25.4 Å². The minimum atomic E-state index is -1.57. The summed E-state index contributed by atoms with van der Waals surface area (Å²) in [6.45, 7) is 3.50. The second-order valence-corrected chi connectivity index (χ2v) is 15.1. The Balaban J connectivity index is 2.10. The molecule has 0 bridgehead atoms. The van der Waals surface area contributed by atoms with Gasteiger partial charge in [0.2, 0.25) is 5.91 Å². The van der Waals surface area contributed by atoms with Crippen LogP contribution in [-0.2, 0) is 14.3 Å². The van der Waals surface area contributed by atoms with Gasteiger partial charge in [0.25, 0.3) is 0 Å². The highest BCUT2D eigenvalue weighted by Gasteiger charge is 2.44. The van der Waals surface area contributed by atoms with Crippen LogP contribution in [0.2, 0.25) is 0 Å². The van der Waals surface area contributed by atoms with E-state index < -0.39 is 49.5 Å². The fourth-order valence-corrected chi connectivity index (χ4v) is 6.74. The molecule has 0 radical (unpaired) electrons. The van der Waals surface area contributed by atoms with Gasteiger partial charge in [0.1, 0.15) is 24.4 Å². The molecular weight excluding hydrogens is 658 g/mol. The maximum Gasteiger partial charge on any atom is 0.220 e. The van der Waals surface area contributed by atoms with Crippen LogP contribution in [0.5, 0.6) is 0 Å². The molecule has 0 aromatic rings. The molecule has 0 aliphatic carbocycles. The number of carbonyl (C=O) groups is 1. The number of aliphatic hydroxyl groups excluding tert-OH is 5. The summed E-state index contributed by atoms with van der Waals surface area (Å²) in [5, 5.41) is 53.4. The Kier molecular flexibility index (Phi) is 32.0. The Morgan fingerprint density at radius 3 is 1.60 bits per heavy atom. The smallest absolute Gasteiger partial charge is 0.220 e. The van der Waals surface area contributed by atoms with Crippen LogP contribution >= 0.6 is 0 Å². The summed E-state index contributed by atoms with van der Waals surface area (Å²) in [7, 11) is 0. The first-order valence-corrected chi connectivity index (χ1v) is 21.6. The Labute approximate surface area is 318 Å². The maximum absolute atomic E-state index is 12.4. The second-order valence-electron chi connectivity index (χ2n) is 15.1. The van der Waals surface area contributed by atoms with E-state index in [1.807, 2.05) is 13.0 Å². The second kappa shape index (κ2) is 34.2. The van der Waals surface area contributed by atoms with Crippen molar-refractivity contribution in [2.24, 2.45) is 0 Å². The van der Waals surface area contributed by atoms with E-state index in [2.05, 4.69) is 24.4 Å². The van der Waals surface area contributed by atoms with Crippen molar-refractivity contribution in [1.82, 2.24) is 5.32 Å². The third kappa shape index (κ3) is 24.9. The van der Waals surface area contributed by atoms with E-state index in [1.165, 1.54) is 135 Å². The summed E-state index contributed by atoms with van der Waals surface area (Å²) >= 11 is 0. The average Bonchev–Trinajstić information content (AvgIpc) is 3.14. The minimum Gasteiger partial charge on any atom is -0.394 e. The summed E-state index contributed by atoms with van der Waals surface area (Å²) in [6, 6.07) is -0.812. The van der Waals surface area contributed by atoms with Crippen LogP contribution < -0.4 is 5.32 Å². The SMILES string of the molecule is CCCCCCCCCCCCCCCCCCCCCCC/C=C/CC/C=C/C(O)C(COC1OC(CO)C(O)C(O)C1O)NC(=O)CCCC. The zero-order valence-corrected chi connectivity index (χ0v) is 33.3.